The molecule has 0 aliphatic carbocycles. The van der Waals surface area contributed by atoms with E-state index in [1.165, 1.54) is 11.0 Å². The minimum atomic E-state index is -0.464. The number of halogens is 1. The van der Waals surface area contributed by atoms with E-state index in [-0.39, 0.29) is 11.6 Å². The first-order valence-corrected chi connectivity index (χ1v) is 9.91. The van der Waals surface area contributed by atoms with Crippen molar-refractivity contribution >= 4 is 63.3 Å². The quantitative estimate of drug-likeness (QED) is 0.216. The SMILES string of the molecule is O=C1/C(=C\c2ccc(-c3ccccc3[N+](=O)[O-])o2)SC(=S)N1c1ccc(Cl)cc1. The third kappa shape index (κ3) is 3.82. The van der Waals surface area contributed by atoms with Crippen molar-refractivity contribution in [2.75, 3.05) is 4.90 Å². The topological polar surface area (TPSA) is 76.6 Å². The standard InChI is InChI=1S/C20H11ClN2O4S2/c21-12-5-7-13(8-6-12)22-19(24)18(29-20(22)28)11-14-9-10-17(27-14)15-3-1-2-4-16(15)23(25)26/h1-11H/b18-11+. The highest BCUT2D eigenvalue weighted by Gasteiger charge is 2.33. The van der Waals surface area contributed by atoms with E-state index in [1.54, 1.807) is 60.7 Å². The summed E-state index contributed by atoms with van der Waals surface area (Å²) < 4.78 is 6.13. The van der Waals surface area contributed by atoms with Crippen LogP contribution in [0.5, 0.6) is 0 Å². The van der Waals surface area contributed by atoms with Crippen molar-refractivity contribution in [1.82, 2.24) is 0 Å². The Hall–Kier alpha value is -2.94. The summed E-state index contributed by atoms with van der Waals surface area (Å²) in [6, 6.07) is 16.4. The summed E-state index contributed by atoms with van der Waals surface area (Å²) >= 11 is 12.4. The molecule has 9 heteroatoms. The van der Waals surface area contributed by atoms with Gasteiger partial charge in [0.15, 0.2) is 4.32 Å². The molecule has 1 saturated heterocycles. The average molecular weight is 443 g/mol. The Labute approximate surface area is 179 Å². The molecular weight excluding hydrogens is 432 g/mol. The van der Waals surface area contributed by atoms with E-state index in [2.05, 4.69) is 0 Å². The largest absolute Gasteiger partial charge is 0.456 e. The Morgan fingerprint density at radius 2 is 1.83 bits per heavy atom. The average Bonchev–Trinajstić information content (AvgIpc) is 3.27. The van der Waals surface area contributed by atoms with Crippen molar-refractivity contribution in [2.45, 2.75) is 0 Å². The number of anilines is 1. The van der Waals surface area contributed by atoms with E-state index in [0.29, 0.717) is 37.0 Å². The number of hydrogen-bond donors (Lipinski definition) is 0. The molecule has 0 unspecified atom stereocenters. The van der Waals surface area contributed by atoms with Crippen molar-refractivity contribution < 1.29 is 14.1 Å². The highest BCUT2D eigenvalue weighted by Crippen LogP contribution is 2.37. The van der Waals surface area contributed by atoms with Gasteiger partial charge in [-0.05, 0) is 42.5 Å². The molecule has 0 bridgehead atoms. The third-order valence-corrected chi connectivity index (χ3v) is 5.70. The number of amides is 1. The lowest BCUT2D eigenvalue weighted by molar-refractivity contribution is -0.384. The van der Waals surface area contributed by atoms with Crippen LogP contribution in [0.3, 0.4) is 0 Å². The summed E-state index contributed by atoms with van der Waals surface area (Å²) in [6.45, 7) is 0. The number of para-hydroxylation sites is 1. The maximum Gasteiger partial charge on any atom is 0.280 e. The number of rotatable bonds is 4. The first-order chi connectivity index (χ1) is 13.9. The van der Waals surface area contributed by atoms with Gasteiger partial charge in [0.05, 0.1) is 21.1 Å². The molecule has 0 spiro atoms. The zero-order valence-electron chi connectivity index (χ0n) is 14.6. The van der Waals surface area contributed by atoms with E-state index >= 15 is 0 Å². The van der Waals surface area contributed by atoms with Crippen LogP contribution in [-0.4, -0.2) is 15.2 Å². The van der Waals surface area contributed by atoms with E-state index < -0.39 is 4.92 Å². The molecule has 1 amide bonds. The molecule has 1 aliphatic rings. The molecule has 2 heterocycles. The Bertz CT molecular complexity index is 1170. The molecule has 1 aromatic heterocycles. The second-order valence-corrected chi connectivity index (χ2v) is 8.08. The summed E-state index contributed by atoms with van der Waals surface area (Å²) in [4.78, 5) is 25.4. The van der Waals surface area contributed by atoms with Gasteiger partial charge in [0.1, 0.15) is 11.5 Å². The van der Waals surface area contributed by atoms with Gasteiger partial charge in [-0.2, -0.15) is 0 Å². The van der Waals surface area contributed by atoms with Crippen LogP contribution in [0.2, 0.25) is 5.02 Å². The van der Waals surface area contributed by atoms with Crippen LogP contribution in [0.1, 0.15) is 5.76 Å². The van der Waals surface area contributed by atoms with Crippen molar-refractivity contribution in [2.24, 2.45) is 0 Å². The van der Waals surface area contributed by atoms with Gasteiger partial charge >= 0.3 is 0 Å². The minimum absolute atomic E-state index is 0.0533. The van der Waals surface area contributed by atoms with Crippen molar-refractivity contribution in [3.63, 3.8) is 0 Å². The fourth-order valence-corrected chi connectivity index (χ4v) is 4.23. The second-order valence-electron chi connectivity index (χ2n) is 5.97. The van der Waals surface area contributed by atoms with Crippen LogP contribution in [-0.2, 0) is 4.79 Å². The number of thiocarbonyl (C=S) groups is 1. The number of carbonyl (C=O) groups is 1. The van der Waals surface area contributed by atoms with Gasteiger partial charge in [0, 0.05) is 17.2 Å². The number of hydrogen-bond acceptors (Lipinski definition) is 6. The number of benzene rings is 2. The molecule has 3 aromatic rings. The van der Waals surface area contributed by atoms with Gasteiger partial charge in [0.25, 0.3) is 11.6 Å². The molecule has 2 aromatic carbocycles. The number of nitro groups is 1. The van der Waals surface area contributed by atoms with Crippen molar-refractivity contribution in [3.8, 4) is 11.3 Å². The number of nitro benzene ring substituents is 1. The normalized spacial score (nSPS) is 15.3. The molecule has 29 heavy (non-hydrogen) atoms. The third-order valence-electron chi connectivity index (χ3n) is 4.14. The van der Waals surface area contributed by atoms with Crippen LogP contribution >= 0.6 is 35.6 Å². The van der Waals surface area contributed by atoms with Gasteiger partial charge in [-0.25, -0.2) is 0 Å². The maximum absolute atomic E-state index is 12.8. The van der Waals surface area contributed by atoms with Gasteiger partial charge < -0.3 is 4.42 Å². The van der Waals surface area contributed by atoms with Crippen LogP contribution < -0.4 is 4.90 Å². The van der Waals surface area contributed by atoms with Gasteiger partial charge in [-0.1, -0.05) is 47.7 Å². The Morgan fingerprint density at radius 3 is 2.55 bits per heavy atom. The Morgan fingerprint density at radius 1 is 1.10 bits per heavy atom. The Balaban J connectivity index is 1.63. The van der Waals surface area contributed by atoms with Gasteiger partial charge in [-0.3, -0.25) is 19.8 Å². The summed E-state index contributed by atoms with van der Waals surface area (Å²) in [5.41, 5.74) is 0.939. The molecular formula is C20H11ClN2O4S2. The lowest BCUT2D eigenvalue weighted by Crippen LogP contribution is -2.27. The zero-order valence-corrected chi connectivity index (χ0v) is 17.0. The monoisotopic (exact) mass is 442 g/mol. The highest BCUT2D eigenvalue weighted by molar-refractivity contribution is 8.27. The van der Waals surface area contributed by atoms with E-state index in [4.69, 9.17) is 28.2 Å². The molecule has 144 valence electrons. The first kappa shape index (κ1) is 19.4. The Kier molecular flexibility index (Phi) is 5.23. The highest BCUT2D eigenvalue weighted by atomic mass is 35.5. The van der Waals surface area contributed by atoms with Gasteiger partial charge in [-0.15, -0.1) is 0 Å². The van der Waals surface area contributed by atoms with E-state index in [0.717, 1.165) is 11.8 Å². The smallest absolute Gasteiger partial charge is 0.280 e. The summed E-state index contributed by atoms with van der Waals surface area (Å²) in [6.07, 6.45) is 1.58. The minimum Gasteiger partial charge on any atom is -0.456 e. The molecule has 0 saturated carbocycles. The molecule has 0 N–H and O–H groups in total. The first-order valence-electron chi connectivity index (χ1n) is 8.31. The number of nitrogens with zero attached hydrogens (tertiary/aromatic N) is 2. The van der Waals surface area contributed by atoms with Crippen LogP contribution in [0.15, 0.2) is 70.0 Å². The maximum atomic E-state index is 12.8. The summed E-state index contributed by atoms with van der Waals surface area (Å²) in [7, 11) is 0. The van der Waals surface area contributed by atoms with Crippen LogP contribution in [0.25, 0.3) is 17.4 Å². The molecule has 4 rings (SSSR count). The lowest BCUT2D eigenvalue weighted by atomic mass is 10.1. The fourth-order valence-electron chi connectivity index (χ4n) is 2.83. The number of thioether (sulfide) groups is 1. The molecule has 1 fully saturated rings. The van der Waals surface area contributed by atoms with E-state index in [1.807, 2.05) is 0 Å². The van der Waals surface area contributed by atoms with Crippen molar-refractivity contribution in [1.29, 1.82) is 0 Å². The summed E-state index contributed by atoms with van der Waals surface area (Å²) in [5.74, 6) is 0.470. The van der Waals surface area contributed by atoms with Crippen LogP contribution in [0, 0.1) is 10.1 Å². The molecule has 6 nitrogen and oxygen atoms in total. The predicted molar refractivity (Wildman–Crippen MR) is 118 cm³/mol. The molecule has 1 aliphatic heterocycles. The number of carbonyl (C=O) groups excluding carboxylic acids is 1. The van der Waals surface area contributed by atoms with E-state index in [9.17, 15) is 14.9 Å². The fraction of sp³-hybridized carbons (Fsp3) is 0. The number of furan rings is 1. The summed E-state index contributed by atoms with van der Waals surface area (Å²) in [5, 5.41) is 11.8. The zero-order chi connectivity index (χ0) is 20.5. The lowest BCUT2D eigenvalue weighted by Gasteiger charge is -2.14. The molecule has 0 atom stereocenters. The van der Waals surface area contributed by atoms with Gasteiger partial charge in [0.2, 0.25) is 0 Å². The van der Waals surface area contributed by atoms with Crippen molar-refractivity contribution in [3.05, 3.63) is 86.5 Å². The predicted octanol–water partition coefficient (Wildman–Crippen LogP) is 5.91. The molecule has 0 radical (unpaired) electrons. The second kappa shape index (κ2) is 7.82. The van der Waals surface area contributed by atoms with Crippen LogP contribution in [0.4, 0.5) is 11.4 Å².